The predicted molar refractivity (Wildman–Crippen MR) is 115 cm³/mol. The Kier molecular flexibility index (Phi) is 12.7. The van der Waals surface area contributed by atoms with E-state index in [0.29, 0.717) is 23.0 Å². The van der Waals surface area contributed by atoms with Crippen molar-refractivity contribution >= 4 is 38.7 Å². The molecule has 0 radical (unpaired) electrons. The van der Waals surface area contributed by atoms with E-state index >= 15 is 0 Å². The fourth-order valence-electron chi connectivity index (χ4n) is 3.53. The monoisotopic (exact) mass is 412 g/mol. The van der Waals surface area contributed by atoms with Crippen molar-refractivity contribution in [2.75, 3.05) is 12.5 Å². The van der Waals surface area contributed by atoms with Crippen molar-refractivity contribution in [3.63, 3.8) is 0 Å². The molecule has 0 amide bonds. The second-order valence-corrected chi connectivity index (χ2v) is 17.2. The van der Waals surface area contributed by atoms with Crippen LogP contribution in [0, 0.1) is 0 Å². The Morgan fingerprint density at radius 1 is 0.792 bits per heavy atom. The molecule has 0 N–H and O–H groups in total. The van der Waals surface area contributed by atoms with Crippen LogP contribution in [0.2, 0.25) is 36.3 Å². The van der Waals surface area contributed by atoms with Crippen LogP contribution >= 0.6 is 11.6 Å². The maximum absolute atomic E-state index is 6.97. The molecule has 0 rings (SSSR count). The first-order chi connectivity index (χ1) is 11.4. The average molecular weight is 413 g/mol. The normalized spacial score (nSPS) is 13.6. The van der Waals surface area contributed by atoms with Gasteiger partial charge in [-0.25, -0.2) is 0 Å². The molecule has 0 atom stereocenters. The van der Waals surface area contributed by atoms with Crippen molar-refractivity contribution in [1.82, 2.24) is 0 Å². The van der Waals surface area contributed by atoms with E-state index in [0.717, 1.165) is 49.1 Å². The highest BCUT2D eigenvalue weighted by atomic mass is 35.5. The molecule has 0 bridgehead atoms. The fraction of sp³-hybridized carbons (Fsp3) is 1.00. The van der Waals surface area contributed by atoms with Gasteiger partial charge < -0.3 is 13.3 Å². The Hall–Kier alpha value is 0.821. The molecule has 0 aliphatic carbocycles. The van der Waals surface area contributed by atoms with Crippen LogP contribution in [0.5, 0.6) is 0 Å². The van der Waals surface area contributed by atoms with Gasteiger partial charge in [-0.1, -0.05) is 41.5 Å². The zero-order valence-corrected chi connectivity index (χ0v) is 21.9. The van der Waals surface area contributed by atoms with Crippen LogP contribution in [0.3, 0.4) is 0 Å². The second-order valence-electron chi connectivity index (χ2n) is 6.83. The quantitative estimate of drug-likeness (QED) is 0.214. The summed E-state index contributed by atoms with van der Waals surface area (Å²) in [5.74, 6) is 0.0760. The van der Waals surface area contributed by atoms with Crippen LogP contribution in [-0.4, -0.2) is 45.4 Å². The lowest BCUT2D eigenvalue weighted by atomic mass is 10.2. The van der Waals surface area contributed by atoms with Gasteiger partial charge in [0.15, 0.2) is 22.4 Å². The van der Waals surface area contributed by atoms with E-state index in [2.05, 4.69) is 41.5 Å². The second kappa shape index (κ2) is 12.3. The van der Waals surface area contributed by atoms with Gasteiger partial charge in [-0.3, -0.25) is 0 Å². The summed E-state index contributed by atoms with van der Waals surface area (Å²) in [6.07, 6.45) is 1.76. The molecule has 0 spiro atoms. The maximum Gasteiger partial charge on any atom is 0.195 e. The van der Waals surface area contributed by atoms with E-state index in [4.69, 9.17) is 24.9 Å². The molecule has 0 aromatic rings. The zero-order chi connectivity index (χ0) is 18.7. The van der Waals surface area contributed by atoms with Crippen molar-refractivity contribution in [2.45, 2.75) is 96.4 Å². The third-order valence-electron chi connectivity index (χ3n) is 5.73. The lowest BCUT2D eigenvalue weighted by Gasteiger charge is -2.47. The lowest BCUT2D eigenvalue weighted by Crippen LogP contribution is -2.57. The van der Waals surface area contributed by atoms with Crippen LogP contribution in [-0.2, 0) is 13.3 Å². The Morgan fingerprint density at radius 2 is 1.17 bits per heavy atom. The summed E-state index contributed by atoms with van der Waals surface area (Å²) in [7, 11) is -2.87. The van der Waals surface area contributed by atoms with E-state index in [1.54, 1.807) is 0 Å². The van der Waals surface area contributed by atoms with Gasteiger partial charge in [0, 0.05) is 12.3 Å². The molecule has 0 heterocycles. The third-order valence-corrected chi connectivity index (χ3v) is 15.6. The Labute approximate surface area is 161 Å². The van der Waals surface area contributed by atoms with Gasteiger partial charge >= 0.3 is 0 Å². The van der Waals surface area contributed by atoms with E-state index < -0.39 is 22.4 Å². The summed E-state index contributed by atoms with van der Waals surface area (Å²) in [6, 6.07) is 6.79. The average Bonchev–Trinajstić information content (AvgIpc) is 2.63. The summed E-state index contributed by atoms with van der Waals surface area (Å²) in [5.41, 5.74) is 0. The number of hydrogen-bond donors (Lipinski definition) is 0. The van der Waals surface area contributed by atoms with Crippen molar-refractivity contribution in [2.24, 2.45) is 0 Å². The first kappa shape index (κ1) is 24.8. The summed E-state index contributed by atoms with van der Waals surface area (Å²) >= 11 is 6.03. The van der Waals surface area contributed by atoms with Gasteiger partial charge in [-0.2, -0.15) is 0 Å². The van der Waals surface area contributed by atoms with Crippen LogP contribution in [0.15, 0.2) is 0 Å². The minimum absolute atomic E-state index is 0.569. The largest absolute Gasteiger partial charge is 0.423 e. The molecule has 0 saturated carbocycles. The molecule has 0 fully saturated rings. The minimum Gasteiger partial charge on any atom is -0.423 e. The van der Waals surface area contributed by atoms with Gasteiger partial charge in [0.1, 0.15) is 10.5 Å². The summed E-state index contributed by atoms with van der Waals surface area (Å²) < 4.78 is 19.7. The Morgan fingerprint density at radius 3 is 1.42 bits per heavy atom. The predicted octanol–water partition coefficient (Wildman–Crippen LogP) is 5.04. The van der Waals surface area contributed by atoms with Crippen molar-refractivity contribution in [3.8, 4) is 0 Å². The number of halogens is 1. The molecule has 3 nitrogen and oxygen atoms in total. The van der Waals surface area contributed by atoms with Gasteiger partial charge in [0.2, 0.25) is 0 Å². The fourth-order valence-corrected chi connectivity index (χ4v) is 10.0. The highest BCUT2D eigenvalue weighted by molar-refractivity contribution is 6.74. The van der Waals surface area contributed by atoms with E-state index in [9.17, 15) is 0 Å². The molecule has 0 saturated heterocycles. The van der Waals surface area contributed by atoms with Gasteiger partial charge in [-0.15, -0.1) is 11.6 Å². The maximum atomic E-state index is 6.97. The summed E-state index contributed by atoms with van der Waals surface area (Å²) in [6.45, 7) is 14.2. The number of rotatable bonds is 15. The number of alkyl halides is 1. The van der Waals surface area contributed by atoms with Crippen molar-refractivity contribution < 1.29 is 13.3 Å². The Bertz CT molecular complexity index is 286. The molecular weight excluding hydrogens is 372 g/mol. The molecule has 0 aromatic heterocycles. The van der Waals surface area contributed by atoms with Crippen LogP contribution < -0.4 is 0 Å². The molecule has 146 valence electrons. The molecule has 0 aromatic carbocycles. The first-order valence-corrected chi connectivity index (χ1v) is 16.3. The number of hydrogen-bond acceptors (Lipinski definition) is 3. The highest BCUT2D eigenvalue weighted by Crippen LogP contribution is 2.37. The SMILES string of the molecule is CC[Si](CC)(CC)OC(CCCCl)(CO[SiH3])O[Si](CC)(CC)CC. The molecule has 24 heavy (non-hydrogen) atoms. The van der Waals surface area contributed by atoms with Gasteiger partial charge in [0.25, 0.3) is 0 Å². The first-order valence-electron chi connectivity index (χ1n) is 9.85. The smallest absolute Gasteiger partial charge is 0.195 e. The molecule has 0 unspecified atom stereocenters. The van der Waals surface area contributed by atoms with Gasteiger partial charge in [0.05, 0.1) is 6.61 Å². The van der Waals surface area contributed by atoms with Gasteiger partial charge in [-0.05, 0) is 42.7 Å². The van der Waals surface area contributed by atoms with Crippen molar-refractivity contribution in [3.05, 3.63) is 0 Å². The topological polar surface area (TPSA) is 27.7 Å². The van der Waals surface area contributed by atoms with E-state index in [1.807, 2.05) is 0 Å². The lowest BCUT2D eigenvalue weighted by molar-refractivity contribution is -0.158. The summed E-state index contributed by atoms with van der Waals surface area (Å²) in [4.78, 5) is 0. The highest BCUT2D eigenvalue weighted by Gasteiger charge is 2.46. The van der Waals surface area contributed by atoms with Crippen molar-refractivity contribution in [1.29, 1.82) is 0 Å². The minimum atomic E-state index is -1.79. The van der Waals surface area contributed by atoms with E-state index in [1.165, 1.54) is 0 Å². The zero-order valence-electron chi connectivity index (χ0n) is 17.2. The molecular formula is C17H41ClO3Si3. The van der Waals surface area contributed by atoms with Crippen LogP contribution in [0.25, 0.3) is 0 Å². The standard InChI is InChI=1S/C17H41ClO3Si3/c1-7-23(8-2,9-3)20-17(16-19-22,14-13-15-18)21-24(10-4,11-5)12-6/h7-16H2,1-6,22H3. The Balaban J connectivity index is 5.76. The molecule has 0 aliphatic heterocycles. The van der Waals surface area contributed by atoms with Crippen LogP contribution in [0.1, 0.15) is 54.4 Å². The van der Waals surface area contributed by atoms with E-state index in [-0.39, 0.29) is 0 Å². The molecule has 7 heteroatoms. The molecule has 0 aliphatic rings. The summed E-state index contributed by atoms with van der Waals surface area (Å²) in [5, 5.41) is 0. The third kappa shape index (κ3) is 6.85. The van der Waals surface area contributed by atoms with Crippen LogP contribution in [0.4, 0.5) is 0 Å².